The molecule has 2 heterocycles. The van der Waals surface area contributed by atoms with E-state index in [1.54, 1.807) is 10.9 Å². The Balaban J connectivity index is 1.39. The molecule has 0 radical (unpaired) electrons. The van der Waals surface area contributed by atoms with Gasteiger partial charge in [0.1, 0.15) is 18.4 Å². The monoisotopic (exact) mass is 451 g/mol. The van der Waals surface area contributed by atoms with Crippen molar-refractivity contribution in [1.82, 2.24) is 19.5 Å². The fourth-order valence-corrected chi connectivity index (χ4v) is 4.45. The summed E-state index contributed by atoms with van der Waals surface area (Å²) in [6, 6.07) is 0. The lowest BCUT2D eigenvalue weighted by atomic mass is 10.3. The van der Waals surface area contributed by atoms with Gasteiger partial charge in [-0.25, -0.2) is 4.98 Å². The summed E-state index contributed by atoms with van der Waals surface area (Å²) in [5.74, 6) is -0.144. The highest BCUT2D eigenvalue weighted by atomic mass is 35.5. The van der Waals surface area contributed by atoms with Crippen LogP contribution in [0.3, 0.4) is 0 Å². The summed E-state index contributed by atoms with van der Waals surface area (Å²) in [4.78, 5) is 23.9. The van der Waals surface area contributed by atoms with Gasteiger partial charge >= 0.3 is 0 Å². The molecule has 2 saturated carbocycles. The number of hydrogen-bond donors (Lipinski definition) is 1. The third-order valence-corrected chi connectivity index (χ3v) is 6.07. The van der Waals surface area contributed by atoms with Gasteiger partial charge < -0.3 is 18.8 Å². The number of nitrogens with zero attached hydrogens (tertiary/aromatic N) is 4. The van der Waals surface area contributed by atoms with E-state index in [1.165, 1.54) is 32.6 Å². The summed E-state index contributed by atoms with van der Waals surface area (Å²) < 4.78 is 20.1. The molecule has 0 aliphatic heterocycles. The largest absolute Gasteiger partial charge is 0.375 e. The third kappa shape index (κ3) is 6.12. The molecule has 170 valence electrons. The second-order valence-electron chi connectivity index (χ2n) is 8.30. The normalized spacial score (nSPS) is 17.9. The number of carbonyl (C=O) groups is 1. The number of aromatic nitrogens is 4. The molecule has 2 aliphatic rings. The maximum absolute atomic E-state index is 11.3. The van der Waals surface area contributed by atoms with Crippen molar-refractivity contribution >= 4 is 34.6 Å². The Kier molecular flexibility index (Phi) is 7.71. The van der Waals surface area contributed by atoms with Gasteiger partial charge in [0.15, 0.2) is 10.8 Å². The first-order valence-electron chi connectivity index (χ1n) is 11.1. The lowest BCUT2D eigenvalue weighted by molar-refractivity contribution is -0.114. The standard InChI is InChI=1S/C21H30ClN5O4/c1-14(28)24-21-25-19(22)18-20(26-21)23-12-27(18)13-31-17(10-29-15-6-2-3-7-15)11-30-16-8-4-5-9-16/h12,15-17H,2-11,13H2,1H3,(H,24,25,26,28). The average molecular weight is 452 g/mol. The number of halogens is 1. The summed E-state index contributed by atoms with van der Waals surface area (Å²) in [6.07, 6.45) is 11.5. The van der Waals surface area contributed by atoms with E-state index in [1.807, 2.05) is 0 Å². The van der Waals surface area contributed by atoms with Crippen LogP contribution in [0.25, 0.3) is 11.2 Å². The van der Waals surface area contributed by atoms with E-state index in [-0.39, 0.29) is 29.8 Å². The topological polar surface area (TPSA) is 100 Å². The molecule has 0 saturated heterocycles. The van der Waals surface area contributed by atoms with Gasteiger partial charge in [-0.15, -0.1) is 0 Å². The average Bonchev–Trinajstić information content (AvgIpc) is 3.49. The van der Waals surface area contributed by atoms with E-state index in [9.17, 15) is 4.79 Å². The first kappa shape index (κ1) is 22.4. The van der Waals surface area contributed by atoms with Gasteiger partial charge in [0.2, 0.25) is 11.9 Å². The lowest BCUT2D eigenvalue weighted by Crippen LogP contribution is -2.30. The minimum atomic E-state index is -0.273. The number of anilines is 1. The Hall–Kier alpha value is -1.81. The summed E-state index contributed by atoms with van der Waals surface area (Å²) in [6.45, 7) is 2.61. The molecular formula is C21H30ClN5O4. The van der Waals surface area contributed by atoms with E-state index in [0.29, 0.717) is 36.6 Å². The Morgan fingerprint density at radius 3 is 2.32 bits per heavy atom. The summed E-state index contributed by atoms with van der Waals surface area (Å²) in [5.41, 5.74) is 0.955. The van der Waals surface area contributed by atoms with Crippen LogP contribution in [-0.2, 0) is 25.7 Å². The zero-order chi connectivity index (χ0) is 21.6. The minimum Gasteiger partial charge on any atom is -0.375 e. The fourth-order valence-electron chi connectivity index (χ4n) is 4.17. The molecule has 2 aromatic rings. The molecule has 2 aromatic heterocycles. The zero-order valence-electron chi connectivity index (χ0n) is 17.9. The summed E-state index contributed by atoms with van der Waals surface area (Å²) in [5, 5.41) is 2.73. The van der Waals surface area contributed by atoms with Gasteiger partial charge in [-0.3, -0.25) is 10.1 Å². The Labute approximate surface area is 186 Å². The van der Waals surface area contributed by atoms with E-state index in [2.05, 4.69) is 20.3 Å². The van der Waals surface area contributed by atoms with Crippen molar-refractivity contribution in [1.29, 1.82) is 0 Å². The Morgan fingerprint density at radius 2 is 1.74 bits per heavy atom. The van der Waals surface area contributed by atoms with Crippen molar-refractivity contribution in [2.24, 2.45) is 0 Å². The number of carbonyl (C=O) groups excluding carboxylic acids is 1. The van der Waals surface area contributed by atoms with Gasteiger partial charge in [-0.05, 0) is 25.7 Å². The highest BCUT2D eigenvalue weighted by Gasteiger charge is 2.22. The van der Waals surface area contributed by atoms with Crippen LogP contribution in [0.2, 0.25) is 5.15 Å². The van der Waals surface area contributed by atoms with Crippen molar-refractivity contribution < 1.29 is 19.0 Å². The van der Waals surface area contributed by atoms with Crippen molar-refractivity contribution in [2.45, 2.75) is 83.3 Å². The summed E-state index contributed by atoms with van der Waals surface area (Å²) in [7, 11) is 0. The van der Waals surface area contributed by atoms with E-state index in [0.717, 1.165) is 25.7 Å². The van der Waals surface area contributed by atoms with Gasteiger partial charge in [-0.1, -0.05) is 37.3 Å². The fraction of sp³-hybridized carbons (Fsp3) is 0.714. The molecule has 31 heavy (non-hydrogen) atoms. The van der Waals surface area contributed by atoms with Gasteiger partial charge in [0.25, 0.3) is 0 Å². The van der Waals surface area contributed by atoms with Crippen LogP contribution in [0.5, 0.6) is 0 Å². The number of nitrogens with one attached hydrogen (secondary N) is 1. The van der Waals surface area contributed by atoms with Crippen LogP contribution in [0, 0.1) is 0 Å². The lowest BCUT2D eigenvalue weighted by Gasteiger charge is -2.22. The summed E-state index contributed by atoms with van der Waals surface area (Å²) >= 11 is 6.33. The smallest absolute Gasteiger partial charge is 0.233 e. The highest BCUT2D eigenvalue weighted by Crippen LogP contribution is 2.24. The third-order valence-electron chi connectivity index (χ3n) is 5.81. The number of fused-ring (bicyclic) bond motifs is 1. The van der Waals surface area contributed by atoms with Crippen LogP contribution in [0.4, 0.5) is 5.95 Å². The van der Waals surface area contributed by atoms with Gasteiger partial charge in [0, 0.05) is 6.92 Å². The highest BCUT2D eigenvalue weighted by molar-refractivity contribution is 6.33. The quantitative estimate of drug-likeness (QED) is 0.549. The van der Waals surface area contributed by atoms with Crippen LogP contribution in [-0.4, -0.2) is 57.0 Å². The van der Waals surface area contributed by atoms with Gasteiger partial charge in [-0.2, -0.15) is 9.97 Å². The van der Waals surface area contributed by atoms with Crippen LogP contribution >= 0.6 is 11.6 Å². The first-order chi connectivity index (χ1) is 15.1. The molecule has 9 nitrogen and oxygen atoms in total. The van der Waals surface area contributed by atoms with Crippen LogP contribution in [0.1, 0.15) is 58.3 Å². The van der Waals surface area contributed by atoms with Crippen molar-refractivity contribution in [3.8, 4) is 0 Å². The number of amides is 1. The number of hydrogen-bond acceptors (Lipinski definition) is 7. The number of rotatable bonds is 10. The molecular weight excluding hydrogens is 422 g/mol. The predicted molar refractivity (Wildman–Crippen MR) is 116 cm³/mol. The molecule has 10 heteroatoms. The molecule has 2 aliphatic carbocycles. The minimum absolute atomic E-state index is 0.129. The maximum atomic E-state index is 11.3. The zero-order valence-corrected chi connectivity index (χ0v) is 18.6. The van der Waals surface area contributed by atoms with Crippen LogP contribution < -0.4 is 5.32 Å². The van der Waals surface area contributed by atoms with Crippen LogP contribution in [0.15, 0.2) is 6.33 Å². The molecule has 0 bridgehead atoms. The molecule has 1 amide bonds. The van der Waals surface area contributed by atoms with Crippen molar-refractivity contribution in [3.05, 3.63) is 11.5 Å². The Morgan fingerprint density at radius 1 is 1.13 bits per heavy atom. The molecule has 0 unspecified atom stereocenters. The van der Waals surface area contributed by atoms with E-state index in [4.69, 9.17) is 25.8 Å². The molecule has 0 spiro atoms. The maximum Gasteiger partial charge on any atom is 0.233 e. The molecule has 4 rings (SSSR count). The SMILES string of the molecule is CC(=O)Nc1nc(Cl)c2c(ncn2COC(COC2CCCC2)COC2CCCC2)n1. The molecule has 2 fully saturated rings. The van der Waals surface area contributed by atoms with Crippen molar-refractivity contribution in [3.63, 3.8) is 0 Å². The first-order valence-corrected chi connectivity index (χ1v) is 11.5. The van der Waals surface area contributed by atoms with E-state index >= 15 is 0 Å². The number of imidazole rings is 1. The number of ether oxygens (including phenoxy) is 3. The van der Waals surface area contributed by atoms with E-state index < -0.39 is 0 Å². The molecule has 0 aromatic carbocycles. The van der Waals surface area contributed by atoms with Gasteiger partial charge in [0.05, 0.1) is 31.7 Å². The predicted octanol–water partition coefficient (Wildman–Crippen LogP) is 3.70. The molecule has 1 N–H and O–H groups in total. The Bertz CT molecular complexity index is 860. The van der Waals surface area contributed by atoms with Crippen molar-refractivity contribution in [2.75, 3.05) is 18.5 Å². The second kappa shape index (κ2) is 10.7. The second-order valence-corrected chi connectivity index (χ2v) is 8.66. The molecule has 0 atom stereocenters.